The first-order valence-corrected chi connectivity index (χ1v) is 10.2. The molecule has 1 aliphatic carbocycles. The topological polar surface area (TPSA) is 109 Å². The number of nitrogens with one attached hydrogen (secondary N) is 2. The van der Waals surface area contributed by atoms with Crippen LogP contribution in [0.1, 0.15) is 44.0 Å². The molecule has 0 radical (unpaired) electrons. The molecule has 0 bridgehead atoms. The number of hydrogen-bond acceptors (Lipinski definition) is 5. The van der Waals surface area contributed by atoms with E-state index in [9.17, 15) is 4.79 Å². The van der Waals surface area contributed by atoms with Gasteiger partial charge in [-0.25, -0.2) is 9.97 Å². The highest BCUT2D eigenvalue weighted by molar-refractivity contribution is 6.01. The number of nitriles is 1. The second kappa shape index (κ2) is 8.62. The smallest absolute Gasteiger partial charge is 0.227 e. The van der Waals surface area contributed by atoms with Crippen LogP contribution >= 0.6 is 0 Å². The van der Waals surface area contributed by atoms with Gasteiger partial charge in [0.05, 0.1) is 30.8 Å². The molecule has 3 aromatic rings. The molecule has 3 aromatic heterocycles. The number of aromatic amines is 1. The number of H-pyrrole nitrogens is 1. The molecule has 1 saturated carbocycles. The number of ether oxygens (including phenoxy) is 1. The second-order valence-corrected chi connectivity index (χ2v) is 7.69. The molecule has 8 heteroatoms. The Morgan fingerprint density at radius 2 is 2.24 bits per heavy atom. The van der Waals surface area contributed by atoms with E-state index in [-0.39, 0.29) is 18.4 Å². The molecule has 0 aromatic carbocycles. The van der Waals surface area contributed by atoms with E-state index >= 15 is 0 Å². The Morgan fingerprint density at radius 3 is 3.00 bits per heavy atom. The first-order valence-electron chi connectivity index (χ1n) is 10.2. The number of nitrogens with zero attached hydrogens (tertiary/aromatic N) is 4. The summed E-state index contributed by atoms with van der Waals surface area (Å²) < 4.78 is 7.26. The monoisotopic (exact) mass is 394 g/mol. The molecule has 1 amide bonds. The lowest BCUT2D eigenvalue weighted by Gasteiger charge is -2.30. The highest BCUT2D eigenvalue weighted by atomic mass is 16.5. The van der Waals surface area contributed by atoms with Crippen molar-refractivity contribution < 1.29 is 9.53 Å². The van der Waals surface area contributed by atoms with Gasteiger partial charge in [0.2, 0.25) is 5.91 Å². The van der Waals surface area contributed by atoms with Crippen LogP contribution in [0.5, 0.6) is 0 Å². The summed E-state index contributed by atoms with van der Waals surface area (Å²) in [6.07, 6.45) is 8.54. The van der Waals surface area contributed by atoms with Crippen LogP contribution in [0.15, 0.2) is 18.5 Å². The number of carbonyl (C=O) groups is 1. The van der Waals surface area contributed by atoms with Gasteiger partial charge in [0.1, 0.15) is 17.0 Å². The minimum atomic E-state index is -0.0601. The zero-order valence-corrected chi connectivity index (χ0v) is 16.6. The van der Waals surface area contributed by atoms with Gasteiger partial charge in [-0.1, -0.05) is 0 Å². The van der Waals surface area contributed by atoms with Gasteiger partial charge in [0.15, 0.2) is 0 Å². The van der Waals surface area contributed by atoms with Crippen molar-refractivity contribution in [3.63, 3.8) is 0 Å². The molecule has 0 saturated heterocycles. The van der Waals surface area contributed by atoms with Crippen LogP contribution in [0.25, 0.3) is 22.1 Å². The lowest BCUT2D eigenvalue weighted by molar-refractivity contribution is -0.120. The molecule has 0 unspecified atom stereocenters. The quantitative estimate of drug-likeness (QED) is 0.599. The molecule has 3 heterocycles. The molecule has 4 rings (SSSR count). The fourth-order valence-electron chi connectivity index (χ4n) is 4.39. The summed E-state index contributed by atoms with van der Waals surface area (Å²) in [5.74, 6) is 1.19. The minimum Gasteiger partial charge on any atom is -0.383 e. The lowest BCUT2D eigenvalue weighted by atomic mass is 9.84. The largest absolute Gasteiger partial charge is 0.383 e. The molecule has 1 aliphatic rings. The van der Waals surface area contributed by atoms with Crippen LogP contribution in [0.3, 0.4) is 0 Å². The number of methoxy groups -OCH3 is 1. The molecule has 0 atom stereocenters. The fourth-order valence-corrected chi connectivity index (χ4v) is 4.39. The highest BCUT2D eigenvalue weighted by Crippen LogP contribution is 2.37. The summed E-state index contributed by atoms with van der Waals surface area (Å²) in [4.78, 5) is 24.9. The van der Waals surface area contributed by atoms with Crippen molar-refractivity contribution in [3.05, 3.63) is 24.3 Å². The van der Waals surface area contributed by atoms with Crippen molar-refractivity contribution >= 4 is 28.0 Å². The van der Waals surface area contributed by atoms with Gasteiger partial charge >= 0.3 is 0 Å². The third-order valence-electron chi connectivity index (χ3n) is 5.82. The number of amides is 1. The van der Waals surface area contributed by atoms with E-state index in [1.165, 1.54) is 0 Å². The third kappa shape index (κ3) is 3.96. The number of imidazole rings is 1. The van der Waals surface area contributed by atoms with E-state index < -0.39 is 0 Å². The third-order valence-corrected chi connectivity index (χ3v) is 5.82. The van der Waals surface area contributed by atoms with E-state index in [0.717, 1.165) is 53.6 Å². The van der Waals surface area contributed by atoms with Crippen LogP contribution < -0.4 is 5.32 Å². The maximum absolute atomic E-state index is 12.5. The van der Waals surface area contributed by atoms with Gasteiger partial charge in [-0.15, -0.1) is 0 Å². The van der Waals surface area contributed by atoms with Crippen molar-refractivity contribution in [2.45, 2.75) is 44.6 Å². The Labute approximate surface area is 169 Å². The minimum absolute atomic E-state index is 0.0601. The normalized spacial score (nSPS) is 19.4. The summed E-state index contributed by atoms with van der Waals surface area (Å²) in [5, 5.41) is 12.9. The molecule has 152 valence electrons. The number of hydrogen-bond donors (Lipinski definition) is 2. The Bertz CT molecular complexity index is 1040. The van der Waals surface area contributed by atoms with E-state index in [0.29, 0.717) is 25.5 Å². The zero-order chi connectivity index (χ0) is 20.2. The molecular weight excluding hydrogens is 368 g/mol. The zero-order valence-electron chi connectivity index (χ0n) is 16.6. The average Bonchev–Trinajstić information content (AvgIpc) is 3.33. The van der Waals surface area contributed by atoms with Crippen molar-refractivity contribution in [2.24, 2.45) is 5.92 Å². The molecule has 2 N–H and O–H groups in total. The molecule has 8 nitrogen and oxygen atoms in total. The Morgan fingerprint density at radius 1 is 1.41 bits per heavy atom. The van der Waals surface area contributed by atoms with Crippen LogP contribution in [0.2, 0.25) is 0 Å². The summed E-state index contributed by atoms with van der Waals surface area (Å²) >= 11 is 0. The average molecular weight is 394 g/mol. The highest BCUT2D eigenvalue weighted by Gasteiger charge is 2.27. The predicted octanol–water partition coefficient (Wildman–Crippen LogP) is 2.86. The van der Waals surface area contributed by atoms with Gasteiger partial charge in [-0.3, -0.25) is 4.79 Å². The van der Waals surface area contributed by atoms with Crippen LogP contribution in [-0.2, 0) is 16.0 Å². The van der Waals surface area contributed by atoms with Gasteiger partial charge < -0.3 is 19.6 Å². The van der Waals surface area contributed by atoms with Crippen molar-refractivity contribution in [1.29, 1.82) is 5.26 Å². The molecule has 0 spiro atoms. The number of carbonyl (C=O) groups excluding carboxylic acids is 1. The van der Waals surface area contributed by atoms with Crippen LogP contribution in [0.4, 0.5) is 0 Å². The molecule has 1 fully saturated rings. The maximum Gasteiger partial charge on any atom is 0.227 e. The first kappa shape index (κ1) is 19.4. The lowest BCUT2D eigenvalue weighted by Crippen LogP contribution is -2.30. The second-order valence-electron chi connectivity index (χ2n) is 7.69. The van der Waals surface area contributed by atoms with Crippen LogP contribution in [-0.4, -0.2) is 45.7 Å². The first-order chi connectivity index (χ1) is 14.2. The number of rotatable bonds is 7. The Balaban J connectivity index is 1.68. The fraction of sp³-hybridized carbons (Fsp3) is 0.524. The van der Waals surface area contributed by atoms with Gasteiger partial charge in [0.25, 0.3) is 0 Å². The summed E-state index contributed by atoms with van der Waals surface area (Å²) in [7, 11) is 1.61. The van der Waals surface area contributed by atoms with E-state index in [1.54, 1.807) is 13.3 Å². The standard InChI is InChI=1S/C21H26N6O2/c1-29-11-10-23-19(28)12-18-26-17-13-25-21-16(7-9-24-21)20(17)27(18)15-4-2-14(3-5-15)6-8-22/h7,9,13-15H,2-6,10-12H2,1H3,(H,23,28)(H,24,25). The van der Waals surface area contributed by atoms with Gasteiger partial charge in [-0.2, -0.15) is 5.26 Å². The molecular formula is C21H26N6O2. The summed E-state index contributed by atoms with van der Waals surface area (Å²) in [6.45, 7) is 0.970. The van der Waals surface area contributed by atoms with E-state index in [1.807, 2.05) is 12.3 Å². The number of pyridine rings is 1. The SMILES string of the molecule is COCCNC(=O)Cc1nc2cnc3[nH]ccc3c2n1C1CCC(CC#N)CC1. The molecule has 29 heavy (non-hydrogen) atoms. The van der Waals surface area contributed by atoms with Gasteiger partial charge in [-0.05, 0) is 37.7 Å². The summed E-state index contributed by atoms with van der Waals surface area (Å²) in [5.41, 5.74) is 2.68. The Kier molecular flexibility index (Phi) is 5.76. The number of aromatic nitrogens is 4. The van der Waals surface area contributed by atoms with Crippen molar-refractivity contribution in [2.75, 3.05) is 20.3 Å². The van der Waals surface area contributed by atoms with Crippen molar-refractivity contribution in [3.8, 4) is 6.07 Å². The predicted molar refractivity (Wildman–Crippen MR) is 109 cm³/mol. The van der Waals surface area contributed by atoms with E-state index in [2.05, 4.69) is 25.9 Å². The summed E-state index contributed by atoms with van der Waals surface area (Å²) in [6, 6.07) is 4.60. The van der Waals surface area contributed by atoms with Crippen molar-refractivity contribution in [1.82, 2.24) is 24.8 Å². The maximum atomic E-state index is 12.5. The van der Waals surface area contributed by atoms with Gasteiger partial charge in [0, 0.05) is 37.7 Å². The van der Waals surface area contributed by atoms with E-state index in [4.69, 9.17) is 15.0 Å². The number of fused-ring (bicyclic) bond motifs is 3. The van der Waals surface area contributed by atoms with Crippen LogP contribution in [0, 0.1) is 17.2 Å². The Hall–Kier alpha value is -2.92. The molecule has 0 aliphatic heterocycles.